The van der Waals surface area contributed by atoms with E-state index in [-0.39, 0.29) is 21.4 Å². The van der Waals surface area contributed by atoms with Crippen molar-refractivity contribution in [3.8, 4) is 0 Å². The minimum atomic E-state index is -1.75. The molecule has 1 aliphatic rings. The summed E-state index contributed by atoms with van der Waals surface area (Å²) < 4.78 is 0. The number of benzene rings is 1. The van der Waals surface area contributed by atoms with Crippen LogP contribution in [-0.2, 0) is 16.5 Å². The second-order valence-corrected chi connectivity index (χ2v) is 7.67. The van der Waals surface area contributed by atoms with Gasteiger partial charge in [-0.1, -0.05) is 38.1 Å². The van der Waals surface area contributed by atoms with Crippen molar-refractivity contribution in [2.45, 2.75) is 32.7 Å². The van der Waals surface area contributed by atoms with Crippen LogP contribution in [0.5, 0.6) is 0 Å². The summed E-state index contributed by atoms with van der Waals surface area (Å²) in [5.41, 5.74) is 2.33. The molecule has 1 atom stereocenters. The van der Waals surface area contributed by atoms with Gasteiger partial charge in [0.2, 0.25) is 5.54 Å². The molecule has 0 fully saturated rings. The van der Waals surface area contributed by atoms with Gasteiger partial charge >= 0.3 is 16.5 Å². The van der Waals surface area contributed by atoms with E-state index in [4.69, 9.17) is 30.6 Å². The molecule has 36 heavy (non-hydrogen) atoms. The first-order chi connectivity index (χ1) is 16.4. The molecule has 3 aromatic rings. The number of aromatic nitrogens is 2. The maximum atomic E-state index is 10.7. The first-order valence-corrected chi connectivity index (χ1v) is 10.1. The summed E-state index contributed by atoms with van der Waals surface area (Å²) in [4.78, 5) is 35.6. The fourth-order valence-electron chi connectivity index (χ4n) is 3.00. The van der Waals surface area contributed by atoms with Crippen LogP contribution < -0.4 is 0 Å². The van der Waals surface area contributed by atoms with Crippen LogP contribution >= 0.6 is 0 Å². The van der Waals surface area contributed by atoms with E-state index in [1.165, 1.54) is 5.57 Å². The van der Waals surface area contributed by atoms with Crippen molar-refractivity contribution in [1.29, 1.82) is 0 Å². The van der Waals surface area contributed by atoms with Gasteiger partial charge in [-0.3, -0.25) is 20.1 Å². The average molecular weight is 544 g/mol. The summed E-state index contributed by atoms with van der Waals surface area (Å²) in [6.07, 6.45) is 9.66. The van der Waals surface area contributed by atoms with Crippen LogP contribution in [0.3, 0.4) is 0 Å². The molecular formula is C22H23N5NiO8. The Hall–Kier alpha value is -4.19. The molecule has 2 aromatic heterocycles. The number of hydrogen-bond acceptors (Lipinski definition) is 10. The normalized spacial score (nSPS) is 15.5. The Morgan fingerprint density at radius 1 is 0.889 bits per heavy atom. The van der Waals surface area contributed by atoms with E-state index in [0.717, 1.165) is 21.8 Å². The van der Waals surface area contributed by atoms with E-state index in [2.05, 4.69) is 42.0 Å². The third-order valence-corrected chi connectivity index (χ3v) is 4.82. The van der Waals surface area contributed by atoms with Gasteiger partial charge < -0.3 is 30.6 Å². The van der Waals surface area contributed by atoms with Gasteiger partial charge in [0.15, 0.2) is 0 Å². The van der Waals surface area contributed by atoms with Crippen molar-refractivity contribution in [3.63, 3.8) is 0 Å². The Labute approximate surface area is 215 Å². The molecule has 0 bridgehead atoms. The molecule has 0 aliphatic heterocycles. The molecule has 0 N–H and O–H groups in total. The molecule has 14 heteroatoms. The zero-order chi connectivity index (χ0) is 26.6. The van der Waals surface area contributed by atoms with Crippen molar-refractivity contribution in [3.05, 3.63) is 113 Å². The van der Waals surface area contributed by atoms with E-state index in [1.54, 1.807) is 19.2 Å². The summed E-state index contributed by atoms with van der Waals surface area (Å²) in [5, 5.41) is 42.5. The van der Waals surface area contributed by atoms with Crippen LogP contribution in [0.25, 0.3) is 21.8 Å². The topological polar surface area (TPSA) is 201 Å². The monoisotopic (exact) mass is 543 g/mol. The number of allylic oxidation sites excluding steroid dienone is 2. The fraction of sp³-hybridized carbons (Fsp3) is 0.273. The molecule has 0 saturated heterocycles. The first kappa shape index (κ1) is 31.8. The quantitative estimate of drug-likeness (QED) is 0.185. The molecule has 0 saturated carbocycles. The Morgan fingerprint density at radius 3 is 1.94 bits per heavy atom. The maximum Gasteiger partial charge on any atom is 2.00 e. The van der Waals surface area contributed by atoms with Gasteiger partial charge in [-0.05, 0) is 41.8 Å². The van der Waals surface area contributed by atoms with E-state index < -0.39 is 15.7 Å². The Balaban J connectivity index is 0.000000518. The van der Waals surface area contributed by atoms with Crippen molar-refractivity contribution in [2.75, 3.05) is 0 Å². The largest absolute Gasteiger partial charge is 2.00 e. The van der Waals surface area contributed by atoms with Crippen LogP contribution in [0.15, 0.2) is 72.6 Å². The van der Waals surface area contributed by atoms with Gasteiger partial charge in [0, 0.05) is 41.4 Å². The fourth-order valence-corrected chi connectivity index (χ4v) is 3.00. The van der Waals surface area contributed by atoms with Crippen LogP contribution in [0.1, 0.15) is 27.2 Å². The van der Waals surface area contributed by atoms with Crippen molar-refractivity contribution in [1.82, 2.24) is 9.97 Å². The third kappa shape index (κ3) is 10.4. The zero-order valence-corrected chi connectivity index (χ0v) is 20.4. The van der Waals surface area contributed by atoms with Gasteiger partial charge in [-0.25, -0.2) is 0 Å². The average Bonchev–Trinajstić information content (AvgIpc) is 2.79. The predicted octanol–water partition coefficient (Wildman–Crippen LogP) is 4.87. The minimum absolute atomic E-state index is 0. The Morgan fingerprint density at radius 2 is 1.44 bits per heavy atom. The number of pyridine rings is 2. The number of nitro groups is 1. The molecule has 2 heterocycles. The van der Waals surface area contributed by atoms with Gasteiger partial charge in [-0.2, -0.15) is 0 Å². The first-order valence-electron chi connectivity index (χ1n) is 10.1. The minimum Gasteiger partial charge on any atom is -0.356 e. The summed E-state index contributed by atoms with van der Waals surface area (Å²) in [5.74, 6) is 0.451. The molecule has 1 unspecified atom stereocenters. The second-order valence-electron chi connectivity index (χ2n) is 7.67. The molecule has 0 spiro atoms. The van der Waals surface area contributed by atoms with E-state index in [9.17, 15) is 10.1 Å². The van der Waals surface area contributed by atoms with Crippen LogP contribution in [0, 0.1) is 46.7 Å². The number of rotatable bonds is 2. The number of hydrogen-bond donors (Lipinski definition) is 0. The zero-order valence-electron chi connectivity index (χ0n) is 19.5. The summed E-state index contributed by atoms with van der Waals surface area (Å²) >= 11 is 0. The van der Waals surface area contributed by atoms with Crippen molar-refractivity contribution >= 4 is 21.8 Å². The molecule has 0 radical (unpaired) electrons. The van der Waals surface area contributed by atoms with E-state index in [1.807, 2.05) is 36.5 Å². The van der Waals surface area contributed by atoms with Crippen molar-refractivity contribution in [2.24, 2.45) is 5.92 Å². The summed E-state index contributed by atoms with van der Waals surface area (Å²) in [6.45, 7) is 5.83. The van der Waals surface area contributed by atoms with Crippen LogP contribution in [0.4, 0.5) is 0 Å². The van der Waals surface area contributed by atoms with Gasteiger partial charge in [0.05, 0.1) is 21.2 Å². The van der Waals surface area contributed by atoms with E-state index in [0.29, 0.717) is 12.3 Å². The standard InChI is InChI=1S/C12H8N2.C10H15NO2.2NO3.Ni/c1-3-9-5-6-11-10(4-2-7-13-11)12(9)14-8-1;1-8(2)9-4-6-10(3,7-5-9)11(12)13;2*2-1(3)4;/h1-8H;4-6,8H,7H2,1-3H3;;;/q;;2*-1;+2. The van der Waals surface area contributed by atoms with Gasteiger partial charge in [-0.15, -0.1) is 0 Å². The molecule has 1 aromatic carbocycles. The molecule has 4 rings (SSSR count). The SMILES string of the molecule is CC(C)C1=CCC(C)([N+](=O)[O-])C=C1.O=[N+]([O-])[O-].O=[N+]([O-])[O-].[Ni+2].c1cnc2c(c1)ccc1ncccc12. The number of fused-ring (bicyclic) bond motifs is 3. The molecular weight excluding hydrogens is 521 g/mol. The number of nitrogens with zero attached hydrogens (tertiary/aromatic N) is 5. The van der Waals surface area contributed by atoms with Gasteiger partial charge in [0.1, 0.15) is 0 Å². The third-order valence-electron chi connectivity index (χ3n) is 4.82. The smallest absolute Gasteiger partial charge is 0.356 e. The Kier molecular flexibility index (Phi) is 13.2. The molecule has 194 valence electrons. The van der Waals surface area contributed by atoms with E-state index >= 15 is 0 Å². The van der Waals surface area contributed by atoms with Gasteiger partial charge in [0.25, 0.3) is 0 Å². The maximum absolute atomic E-state index is 10.7. The molecule has 1 aliphatic carbocycles. The predicted molar refractivity (Wildman–Crippen MR) is 130 cm³/mol. The van der Waals surface area contributed by atoms with Crippen molar-refractivity contribution < 1.29 is 31.6 Å². The van der Waals surface area contributed by atoms with Crippen LogP contribution in [0.2, 0.25) is 0 Å². The molecule has 13 nitrogen and oxygen atoms in total. The summed E-state index contributed by atoms with van der Waals surface area (Å²) in [7, 11) is 0. The summed E-state index contributed by atoms with van der Waals surface area (Å²) in [6, 6.07) is 12.1. The Bertz CT molecular complexity index is 1180. The second kappa shape index (κ2) is 14.9. The molecule has 0 amide bonds. The van der Waals surface area contributed by atoms with Crippen LogP contribution in [-0.4, -0.2) is 30.6 Å².